The van der Waals surface area contributed by atoms with Crippen LogP contribution in [0.5, 0.6) is 5.75 Å². The van der Waals surface area contributed by atoms with Gasteiger partial charge in [0, 0.05) is 37.4 Å². The number of nitrogens with one attached hydrogen (secondary N) is 1. The average molecular weight is 450 g/mol. The lowest BCUT2D eigenvalue weighted by molar-refractivity contribution is -0.116. The molecule has 2 aromatic carbocycles. The fourth-order valence-electron chi connectivity index (χ4n) is 4.88. The summed E-state index contributed by atoms with van der Waals surface area (Å²) < 4.78 is 10.7. The minimum Gasteiger partial charge on any atom is -0.497 e. The van der Waals surface area contributed by atoms with Crippen LogP contribution in [0.2, 0.25) is 0 Å². The molecule has 0 saturated carbocycles. The summed E-state index contributed by atoms with van der Waals surface area (Å²) in [6.07, 6.45) is 5.77. The van der Waals surface area contributed by atoms with E-state index in [-0.39, 0.29) is 5.91 Å². The zero-order valence-corrected chi connectivity index (χ0v) is 19.7. The topological polar surface area (TPSA) is 54.0 Å². The number of nitrogens with zero attached hydrogens (tertiary/aromatic N) is 2. The Morgan fingerprint density at radius 3 is 2.52 bits per heavy atom. The average Bonchev–Trinajstić information content (AvgIpc) is 2.87. The molecule has 2 aromatic rings. The highest BCUT2D eigenvalue weighted by Gasteiger charge is 2.30. The molecule has 0 aromatic heterocycles. The van der Waals surface area contributed by atoms with Crippen molar-refractivity contribution >= 4 is 17.7 Å². The smallest absolute Gasteiger partial charge is 0.244 e. The molecule has 33 heavy (non-hydrogen) atoms. The number of rotatable bonds is 7. The second-order valence-electron chi connectivity index (χ2n) is 8.87. The zero-order valence-electron chi connectivity index (χ0n) is 19.7. The van der Waals surface area contributed by atoms with E-state index in [1.54, 1.807) is 13.2 Å². The molecule has 2 atom stereocenters. The number of benzene rings is 2. The molecule has 6 nitrogen and oxygen atoms in total. The SMILES string of the molecule is COc1ccc(C2C(CNC(=O)/C=C/c3ccc(N4CCOCC4)cc3)CCCN2C)cc1. The Morgan fingerprint density at radius 2 is 1.82 bits per heavy atom. The molecule has 0 aliphatic carbocycles. The summed E-state index contributed by atoms with van der Waals surface area (Å²) >= 11 is 0. The van der Waals surface area contributed by atoms with Gasteiger partial charge < -0.3 is 19.7 Å². The monoisotopic (exact) mass is 449 g/mol. The molecule has 176 valence electrons. The van der Waals surface area contributed by atoms with Gasteiger partial charge in [-0.1, -0.05) is 24.3 Å². The van der Waals surface area contributed by atoms with E-state index in [2.05, 4.69) is 58.6 Å². The van der Waals surface area contributed by atoms with Crippen LogP contribution in [0.1, 0.15) is 30.0 Å². The molecule has 0 radical (unpaired) electrons. The fourth-order valence-corrected chi connectivity index (χ4v) is 4.88. The van der Waals surface area contributed by atoms with Gasteiger partial charge in [0.2, 0.25) is 5.91 Å². The number of likely N-dealkylation sites (tertiary alicyclic amines) is 1. The van der Waals surface area contributed by atoms with E-state index in [0.29, 0.717) is 18.5 Å². The molecule has 2 saturated heterocycles. The molecule has 2 aliphatic heterocycles. The lowest BCUT2D eigenvalue weighted by Gasteiger charge is -2.39. The van der Waals surface area contributed by atoms with E-state index >= 15 is 0 Å². The first kappa shape index (κ1) is 23.3. The molecule has 1 N–H and O–H groups in total. The van der Waals surface area contributed by atoms with Gasteiger partial charge in [-0.05, 0) is 73.8 Å². The maximum atomic E-state index is 12.5. The Balaban J connectivity index is 1.32. The van der Waals surface area contributed by atoms with Crippen LogP contribution in [0.25, 0.3) is 6.08 Å². The number of morpholine rings is 1. The molecule has 2 heterocycles. The van der Waals surface area contributed by atoms with Crippen molar-refractivity contribution in [3.05, 3.63) is 65.7 Å². The van der Waals surface area contributed by atoms with Crippen molar-refractivity contribution in [2.45, 2.75) is 18.9 Å². The Hall–Kier alpha value is -2.83. The molecule has 0 bridgehead atoms. The number of ether oxygens (including phenoxy) is 2. The van der Waals surface area contributed by atoms with Crippen molar-refractivity contribution in [2.75, 3.05) is 58.5 Å². The first-order valence-corrected chi connectivity index (χ1v) is 11.9. The van der Waals surface area contributed by atoms with Crippen LogP contribution < -0.4 is 15.0 Å². The summed E-state index contributed by atoms with van der Waals surface area (Å²) in [5.74, 6) is 1.20. The molecular formula is C27H35N3O3. The lowest BCUT2D eigenvalue weighted by Crippen LogP contribution is -2.41. The second kappa shape index (κ2) is 11.3. The number of methoxy groups -OCH3 is 1. The van der Waals surface area contributed by atoms with Crippen LogP contribution in [-0.2, 0) is 9.53 Å². The molecule has 6 heteroatoms. The van der Waals surface area contributed by atoms with Gasteiger partial charge in [-0.3, -0.25) is 9.69 Å². The Bertz CT molecular complexity index is 921. The fraction of sp³-hybridized carbons (Fsp3) is 0.444. The minimum absolute atomic E-state index is 0.0473. The largest absolute Gasteiger partial charge is 0.497 e. The first-order valence-electron chi connectivity index (χ1n) is 11.9. The van der Waals surface area contributed by atoms with Gasteiger partial charge >= 0.3 is 0 Å². The summed E-state index contributed by atoms with van der Waals surface area (Å²) in [5, 5.41) is 3.13. The van der Waals surface area contributed by atoms with Gasteiger partial charge in [-0.25, -0.2) is 0 Å². The maximum Gasteiger partial charge on any atom is 0.244 e. The molecule has 1 amide bonds. The van der Waals surface area contributed by atoms with Crippen LogP contribution in [0.4, 0.5) is 5.69 Å². The molecule has 2 aliphatic rings. The summed E-state index contributed by atoms with van der Waals surface area (Å²) in [7, 11) is 3.86. The van der Waals surface area contributed by atoms with E-state index in [1.165, 1.54) is 11.3 Å². The number of hydrogen-bond donors (Lipinski definition) is 1. The Labute approximate surface area is 197 Å². The highest BCUT2D eigenvalue weighted by molar-refractivity contribution is 5.91. The summed E-state index contributed by atoms with van der Waals surface area (Å²) in [6.45, 7) is 5.13. The molecule has 0 spiro atoms. The quantitative estimate of drug-likeness (QED) is 0.653. The zero-order chi connectivity index (χ0) is 23.0. The van der Waals surface area contributed by atoms with E-state index in [9.17, 15) is 4.79 Å². The van der Waals surface area contributed by atoms with Crippen molar-refractivity contribution < 1.29 is 14.3 Å². The van der Waals surface area contributed by atoms with Crippen LogP contribution in [-0.4, -0.2) is 64.4 Å². The standard InChI is InChI=1S/C27H35N3O3/c1-29-15-3-4-23(27(29)22-8-12-25(32-2)13-9-22)20-28-26(31)14-7-21-5-10-24(11-6-21)30-16-18-33-19-17-30/h5-14,23,27H,3-4,15-20H2,1-2H3,(H,28,31)/b14-7+. The third kappa shape index (κ3) is 6.15. The van der Waals surface area contributed by atoms with Crippen molar-refractivity contribution in [1.82, 2.24) is 10.2 Å². The number of amides is 1. The highest BCUT2D eigenvalue weighted by Crippen LogP contribution is 2.35. The Morgan fingerprint density at radius 1 is 1.09 bits per heavy atom. The summed E-state index contributed by atoms with van der Waals surface area (Å²) in [4.78, 5) is 17.3. The molecule has 2 unspecified atom stereocenters. The number of piperidine rings is 1. The van der Waals surface area contributed by atoms with E-state index in [0.717, 1.165) is 57.0 Å². The normalized spacial score (nSPS) is 21.8. The molecule has 4 rings (SSSR count). The van der Waals surface area contributed by atoms with Gasteiger partial charge in [0.25, 0.3) is 0 Å². The predicted octanol–water partition coefficient (Wildman–Crippen LogP) is 3.74. The van der Waals surface area contributed by atoms with Crippen LogP contribution in [0, 0.1) is 5.92 Å². The molecular weight excluding hydrogens is 414 g/mol. The van der Waals surface area contributed by atoms with Crippen molar-refractivity contribution in [3.63, 3.8) is 0 Å². The number of carbonyl (C=O) groups is 1. The Kier molecular flexibility index (Phi) is 8.02. The van der Waals surface area contributed by atoms with Gasteiger partial charge in [-0.2, -0.15) is 0 Å². The van der Waals surface area contributed by atoms with Gasteiger partial charge in [0.15, 0.2) is 0 Å². The number of anilines is 1. The molecule has 2 fully saturated rings. The second-order valence-corrected chi connectivity index (χ2v) is 8.87. The third-order valence-electron chi connectivity index (χ3n) is 6.70. The highest BCUT2D eigenvalue weighted by atomic mass is 16.5. The van der Waals surface area contributed by atoms with E-state index in [4.69, 9.17) is 9.47 Å². The van der Waals surface area contributed by atoms with Crippen LogP contribution >= 0.6 is 0 Å². The number of hydrogen-bond acceptors (Lipinski definition) is 5. The van der Waals surface area contributed by atoms with Gasteiger partial charge in [0.1, 0.15) is 5.75 Å². The van der Waals surface area contributed by atoms with Crippen molar-refractivity contribution in [3.8, 4) is 5.75 Å². The maximum absolute atomic E-state index is 12.5. The van der Waals surface area contributed by atoms with Crippen LogP contribution in [0.3, 0.4) is 0 Å². The van der Waals surface area contributed by atoms with Gasteiger partial charge in [-0.15, -0.1) is 0 Å². The van der Waals surface area contributed by atoms with E-state index < -0.39 is 0 Å². The van der Waals surface area contributed by atoms with E-state index in [1.807, 2.05) is 18.2 Å². The first-order chi connectivity index (χ1) is 16.1. The summed E-state index contributed by atoms with van der Waals surface area (Å²) in [5.41, 5.74) is 3.50. The predicted molar refractivity (Wildman–Crippen MR) is 133 cm³/mol. The number of carbonyl (C=O) groups excluding carboxylic acids is 1. The van der Waals surface area contributed by atoms with Crippen molar-refractivity contribution in [1.29, 1.82) is 0 Å². The lowest BCUT2D eigenvalue weighted by atomic mass is 9.85. The van der Waals surface area contributed by atoms with Crippen molar-refractivity contribution in [2.24, 2.45) is 5.92 Å². The minimum atomic E-state index is -0.0473. The summed E-state index contributed by atoms with van der Waals surface area (Å²) in [6, 6.07) is 16.9. The van der Waals surface area contributed by atoms with Crippen LogP contribution in [0.15, 0.2) is 54.6 Å². The third-order valence-corrected chi connectivity index (χ3v) is 6.70. The van der Waals surface area contributed by atoms with Gasteiger partial charge in [0.05, 0.1) is 20.3 Å².